The Morgan fingerprint density at radius 3 is 2.73 bits per heavy atom. The van der Waals surface area contributed by atoms with E-state index >= 15 is 0 Å². The van der Waals surface area contributed by atoms with Gasteiger partial charge in [0.1, 0.15) is 5.82 Å². The molecular weight excluding hydrogens is 285 g/mol. The van der Waals surface area contributed by atoms with Crippen LogP contribution in [0.2, 0.25) is 0 Å². The summed E-state index contributed by atoms with van der Waals surface area (Å²) in [6.07, 6.45) is -1.38. The van der Waals surface area contributed by atoms with Gasteiger partial charge in [-0.05, 0) is 44.0 Å². The average molecular weight is 305 g/mol. The van der Waals surface area contributed by atoms with Gasteiger partial charge in [-0.15, -0.1) is 0 Å². The van der Waals surface area contributed by atoms with E-state index in [9.17, 15) is 14.3 Å². The molecule has 0 aliphatic rings. The Bertz CT molecular complexity index is 682. The summed E-state index contributed by atoms with van der Waals surface area (Å²) in [7, 11) is 0. The first-order chi connectivity index (χ1) is 10.4. The number of aliphatic hydroxyl groups is 1. The summed E-state index contributed by atoms with van der Waals surface area (Å²) >= 11 is 0. The van der Waals surface area contributed by atoms with Crippen LogP contribution in [0, 0.1) is 26.6 Å². The lowest BCUT2D eigenvalue weighted by molar-refractivity contribution is -0.129. The van der Waals surface area contributed by atoms with Gasteiger partial charge in [-0.3, -0.25) is 9.48 Å². The molecule has 0 aliphatic carbocycles. The van der Waals surface area contributed by atoms with E-state index in [-0.39, 0.29) is 5.56 Å². The molecule has 118 valence electrons. The number of halogens is 1. The van der Waals surface area contributed by atoms with Crippen LogP contribution in [-0.2, 0) is 11.3 Å². The van der Waals surface area contributed by atoms with E-state index < -0.39 is 17.8 Å². The Hall–Kier alpha value is -2.21. The molecule has 1 unspecified atom stereocenters. The molecule has 0 aliphatic heterocycles. The number of benzene rings is 1. The van der Waals surface area contributed by atoms with Crippen molar-refractivity contribution in [3.63, 3.8) is 0 Å². The molecule has 0 radical (unpaired) electrons. The van der Waals surface area contributed by atoms with Crippen LogP contribution < -0.4 is 5.32 Å². The van der Waals surface area contributed by atoms with Crippen LogP contribution in [-0.4, -0.2) is 27.3 Å². The number of aromatic nitrogens is 2. The number of nitrogens with zero attached hydrogens (tertiary/aromatic N) is 2. The molecule has 0 spiro atoms. The van der Waals surface area contributed by atoms with Crippen molar-refractivity contribution in [2.75, 3.05) is 6.54 Å². The largest absolute Gasteiger partial charge is 0.378 e. The number of nitrogens with one attached hydrogen (secondary N) is 1. The van der Waals surface area contributed by atoms with Crippen LogP contribution in [0.25, 0.3) is 0 Å². The summed E-state index contributed by atoms with van der Waals surface area (Å²) in [4.78, 5) is 11.9. The van der Waals surface area contributed by atoms with E-state index in [1.165, 1.54) is 18.2 Å². The first-order valence-corrected chi connectivity index (χ1v) is 7.12. The monoisotopic (exact) mass is 305 g/mol. The maximum Gasteiger partial charge on any atom is 0.253 e. The molecule has 1 heterocycles. The Labute approximate surface area is 128 Å². The second-order valence-electron chi connectivity index (χ2n) is 5.27. The molecule has 2 N–H and O–H groups in total. The lowest BCUT2D eigenvalue weighted by Gasteiger charge is -2.12. The molecule has 5 nitrogen and oxygen atoms in total. The smallest absolute Gasteiger partial charge is 0.253 e. The quantitative estimate of drug-likeness (QED) is 0.885. The molecule has 0 saturated carbocycles. The molecule has 1 atom stereocenters. The summed E-state index contributed by atoms with van der Waals surface area (Å²) in [5.41, 5.74) is 3.38. The molecule has 2 rings (SSSR count). The average Bonchev–Trinajstić information content (AvgIpc) is 2.73. The number of carbonyl (C=O) groups excluding carboxylic acids is 1. The third-order valence-corrected chi connectivity index (χ3v) is 3.78. The van der Waals surface area contributed by atoms with Crippen molar-refractivity contribution in [3.05, 3.63) is 52.6 Å². The number of aryl methyl sites for hydroxylation is 1. The van der Waals surface area contributed by atoms with Crippen LogP contribution >= 0.6 is 0 Å². The minimum atomic E-state index is -1.38. The zero-order chi connectivity index (χ0) is 16.3. The zero-order valence-corrected chi connectivity index (χ0v) is 12.9. The SMILES string of the molecule is Cc1nn(CCNC(=O)C(O)c2cccc(F)c2)c(C)c1C. The van der Waals surface area contributed by atoms with Gasteiger partial charge in [0.25, 0.3) is 5.91 Å². The minimum absolute atomic E-state index is 0.236. The number of aliphatic hydroxyl groups excluding tert-OH is 1. The van der Waals surface area contributed by atoms with E-state index in [0.29, 0.717) is 13.1 Å². The first-order valence-electron chi connectivity index (χ1n) is 7.12. The van der Waals surface area contributed by atoms with Crippen molar-refractivity contribution in [2.24, 2.45) is 0 Å². The lowest BCUT2D eigenvalue weighted by Crippen LogP contribution is -2.32. The molecule has 1 aromatic carbocycles. The highest BCUT2D eigenvalue weighted by molar-refractivity contribution is 5.81. The standard InChI is InChI=1S/C16H20FN3O2/c1-10-11(2)19-20(12(10)3)8-7-18-16(22)15(21)13-5-4-6-14(17)9-13/h4-6,9,15,21H,7-8H2,1-3H3,(H,18,22). The summed E-state index contributed by atoms with van der Waals surface area (Å²) in [6, 6.07) is 5.38. The molecule has 22 heavy (non-hydrogen) atoms. The minimum Gasteiger partial charge on any atom is -0.378 e. The summed E-state index contributed by atoms with van der Waals surface area (Å²) in [5, 5.41) is 16.9. The van der Waals surface area contributed by atoms with Crippen LogP contribution in [0.4, 0.5) is 4.39 Å². The predicted molar refractivity (Wildman–Crippen MR) is 80.8 cm³/mol. The van der Waals surface area contributed by atoms with Gasteiger partial charge in [0.15, 0.2) is 6.10 Å². The van der Waals surface area contributed by atoms with Crippen molar-refractivity contribution >= 4 is 5.91 Å². The second-order valence-corrected chi connectivity index (χ2v) is 5.27. The van der Waals surface area contributed by atoms with Crippen LogP contribution in [0.15, 0.2) is 24.3 Å². The van der Waals surface area contributed by atoms with Gasteiger partial charge < -0.3 is 10.4 Å². The molecule has 1 amide bonds. The predicted octanol–water partition coefficient (Wildman–Crippen LogP) is 1.80. The van der Waals surface area contributed by atoms with Crippen LogP contribution in [0.5, 0.6) is 0 Å². The Morgan fingerprint density at radius 1 is 1.41 bits per heavy atom. The van der Waals surface area contributed by atoms with Gasteiger partial charge in [-0.25, -0.2) is 4.39 Å². The number of amides is 1. The highest BCUT2D eigenvalue weighted by atomic mass is 19.1. The van der Waals surface area contributed by atoms with E-state index in [1.807, 2.05) is 25.5 Å². The van der Waals surface area contributed by atoms with E-state index in [2.05, 4.69) is 10.4 Å². The van der Waals surface area contributed by atoms with Crippen molar-refractivity contribution in [2.45, 2.75) is 33.4 Å². The maximum absolute atomic E-state index is 13.1. The molecule has 6 heteroatoms. The van der Waals surface area contributed by atoms with Gasteiger partial charge in [-0.2, -0.15) is 5.10 Å². The number of carbonyl (C=O) groups is 1. The Morgan fingerprint density at radius 2 is 2.14 bits per heavy atom. The molecule has 0 bridgehead atoms. The summed E-state index contributed by atoms with van der Waals surface area (Å²) < 4.78 is 14.9. The highest BCUT2D eigenvalue weighted by Gasteiger charge is 2.17. The molecule has 0 fully saturated rings. The number of hydrogen-bond acceptors (Lipinski definition) is 3. The van der Waals surface area contributed by atoms with Crippen molar-refractivity contribution in [1.82, 2.24) is 15.1 Å². The van der Waals surface area contributed by atoms with Gasteiger partial charge in [0.05, 0.1) is 12.2 Å². The Kier molecular flexibility index (Phi) is 4.92. The Balaban J connectivity index is 1.91. The zero-order valence-electron chi connectivity index (χ0n) is 12.9. The van der Waals surface area contributed by atoms with Gasteiger partial charge >= 0.3 is 0 Å². The van der Waals surface area contributed by atoms with Gasteiger partial charge in [-0.1, -0.05) is 12.1 Å². The molecule has 1 aromatic heterocycles. The normalized spacial score (nSPS) is 12.2. The third-order valence-electron chi connectivity index (χ3n) is 3.78. The topological polar surface area (TPSA) is 67.2 Å². The third kappa shape index (κ3) is 3.51. The fourth-order valence-electron chi connectivity index (χ4n) is 2.21. The van der Waals surface area contributed by atoms with Gasteiger partial charge in [0, 0.05) is 12.2 Å². The molecule has 2 aromatic rings. The van der Waals surface area contributed by atoms with Crippen LogP contribution in [0.1, 0.15) is 28.6 Å². The molecule has 0 saturated heterocycles. The highest BCUT2D eigenvalue weighted by Crippen LogP contribution is 2.14. The number of hydrogen-bond donors (Lipinski definition) is 2. The summed E-state index contributed by atoms with van der Waals surface area (Å²) in [5.74, 6) is -1.04. The van der Waals surface area contributed by atoms with E-state index in [1.54, 1.807) is 0 Å². The first kappa shape index (κ1) is 16.2. The van der Waals surface area contributed by atoms with Gasteiger partial charge in [0.2, 0.25) is 0 Å². The second kappa shape index (κ2) is 6.70. The number of rotatable bonds is 5. The van der Waals surface area contributed by atoms with Crippen molar-refractivity contribution in [1.29, 1.82) is 0 Å². The summed E-state index contributed by atoms with van der Waals surface area (Å²) in [6.45, 7) is 6.76. The fourth-order valence-corrected chi connectivity index (χ4v) is 2.21. The van der Waals surface area contributed by atoms with Crippen LogP contribution in [0.3, 0.4) is 0 Å². The molecular formula is C16H20FN3O2. The van der Waals surface area contributed by atoms with E-state index in [4.69, 9.17) is 0 Å². The lowest BCUT2D eigenvalue weighted by atomic mass is 10.1. The maximum atomic E-state index is 13.1. The fraction of sp³-hybridized carbons (Fsp3) is 0.375. The van der Waals surface area contributed by atoms with Crippen molar-refractivity contribution in [3.8, 4) is 0 Å². The van der Waals surface area contributed by atoms with E-state index in [0.717, 1.165) is 23.0 Å². The van der Waals surface area contributed by atoms with Crippen molar-refractivity contribution < 1.29 is 14.3 Å².